The third kappa shape index (κ3) is 4.94. The molecule has 18 heavy (non-hydrogen) atoms. The number of carboxylic acid groups (broad SMARTS) is 1. The zero-order valence-electron chi connectivity index (χ0n) is 11.5. The van der Waals surface area contributed by atoms with Gasteiger partial charge in [0.25, 0.3) is 0 Å². The highest BCUT2D eigenvalue weighted by molar-refractivity contribution is 5.82. The summed E-state index contributed by atoms with van der Waals surface area (Å²) in [7, 11) is 1.71. The maximum Gasteiger partial charge on any atom is 0.326 e. The fourth-order valence-electron chi connectivity index (χ4n) is 1.85. The topological polar surface area (TPSA) is 69.6 Å². The maximum absolute atomic E-state index is 11.9. The molecule has 2 atom stereocenters. The first-order valence-corrected chi connectivity index (χ1v) is 6.68. The quantitative estimate of drug-likeness (QED) is 0.731. The summed E-state index contributed by atoms with van der Waals surface area (Å²) in [5, 5.41) is 11.7. The molecule has 104 valence electrons. The summed E-state index contributed by atoms with van der Waals surface area (Å²) >= 11 is 0. The molecule has 1 rings (SSSR count). The number of nitrogens with one attached hydrogen (secondary N) is 1. The Morgan fingerprint density at radius 3 is 2.50 bits per heavy atom. The molecule has 0 spiro atoms. The molecule has 0 bridgehead atoms. The van der Waals surface area contributed by atoms with Crippen molar-refractivity contribution in [3.05, 3.63) is 0 Å². The van der Waals surface area contributed by atoms with Crippen LogP contribution in [0.25, 0.3) is 0 Å². The molecule has 0 aliphatic heterocycles. The van der Waals surface area contributed by atoms with E-state index >= 15 is 0 Å². The standard InChI is InChI=1S/C13H24N2O3/c1-4-9(2)8-15(3)13(18)14-11(12(16)17)7-10-5-6-10/h9-11H,4-8H2,1-3H3,(H,14,18)(H,16,17). The van der Waals surface area contributed by atoms with E-state index in [9.17, 15) is 9.59 Å². The van der Waals surface area contributed by atoms with E-state index in [4.69, 9.17) is 5.11 Å². The van der Waals surface area contributed by atoms with Crippen LogP contribution in [0.2, 0.25) is 0 Å². The Kier molecular flexibility index (Phi) is 5.44. The van der Waals surface area contributed by atoms with Crippen molar-refractivity contribution in [2.24, 2.45) is 11.8 Å². The largest absolute Gasteiger partial charge is 0.480 e. The Balaban J connectivity index is 2.41. The van der Waals surface area contributed by atoms with Gasteiger partial charge < -0.3 is 15.3 Å². The van der Waals surface area contributed by atoms with Gasteiger partial charge in [0.15, 0.2) is 0 Å². The summed E-state index contributed by atoms with van der Waals surface area (Å²) in [5.41, 5.74) is 0. The summed E-state index contributed by atoms with van der Waals surface area (Å²) < 4.78 is 0. The minimum atomic E-state index is -0.938. The molecule has 5 heteroatoms. The predicted molar refractivity (Wildman–Crippen MR) is 69.4 cm³/mol. The number of carbonyl (C=O) groups excluding carboxylic acids is 1. The van der Waals surface area contributed by atoms with E-state index in [2.05, 4.69) is 19.2 Å². The second-order valence-electron chi connectivity index (χ2n) is 5.41. The number of carboxylic acids is 1. The van der Waals surface area contributed by atoms with E-state index in [0.717, 1.165) is 19.3 Å². The minimum absolute atomic E-state index is 0.289. The summed E-state index contributed by atoms with van der Waals surface area (Å²) in [6, 6.07) is -1.03. The monoisotopic (exact) mass is 256 g/mol. The lowest BCUT2D eigenvalue weighted by Crippen LogP contribution is -2.47. The molecule has 5 nitrogen and oxygen atoms in total. The van der Waals surface area contributed by atoms with Crippen molar-refractivity contribution < 1.29 is 14.7 Å². The molecule has 2 unspecified atom stereocenters. The summed E-state index contributed by atoms with van der Waals surface area (Å²) in [6.45, 7) is 4.80. The van der Waals surface area contributed by atoms with Crippen molar-refractivity contribution in [3.63, 3.8) is 0 Å². The number of rotatable bonds is 7. The van der Waals surface area contributed by atoms with E-state index in [-0.39, 0.29) is 6.03 Å². The lowest BCUT2D eigenvalue weighted by atomic mass is 10.1. The summed E-state index contributed by atoms with van der Waals surface area (Å²) in [6.07, 6.45) is 3.73. The van der Waals surface area contributed by atoms with E-state index in [1.165, 1.54) is 0 Å². The fourth-order valence-corrected chi connectivity index (χ4v) is 1.85. The van der Waals surface area contributed by atoms with Crippen molar-refractivity contribution in [1.29, 1.82) is 0 Å². The van der Waals surface area contributed by atoms with Crippen LogP contribution in [0.1, 0.15) is 39.5 Å². The lowest BCUT2D eigenvalue weighted by Gasteiger charge is -2.23. The molecule has 0 aromatic carbocycles. The van der Waals surface area contributed by atoms with Crippen LogP contribution >= 0.6 is 0 Å². The van der Waals surface area contributed by atoms with Crippen molar-refractivity contribution in [1.82, 2.24) is 10.2 Å². The van der Waals surface area contributed by atoms with Gasteiger partial charge >= 0.3 is 12.0 Å². The van der Waals surface area contributed by atoms with Gasteiger partial charge in [-0.3, -0.25) is 0 Å². The molecule has 0 heterocycles. The van der Waals surface area contributed by atoms with Gasteiger partial charge in [-0.25, -0.2) is 9.59 Å². The molecule has 0 aromatic rings. The number of hydrogen-bond donors (Lipinski definition) is 2. The van der Waals surface area contributed by atoms with E-state index < -0.39 is 12.0 Å². The maximum atomic E-state index is 11.9. The van der Waals surface area contributed by atoms with Crippen LogP contribution in [0.5, 0.6) is 0 Å². The lowest BCUT2D eigenvalue weighted by molar-refractivity contribution is -0.139. The average Bonchev–Trinajstić information content (AvgIpc) is 3.11. The van der Waals surface area contributed by atoms with Crippen LogP contribution in [-0.4, -0.2) is 41.6 Å². The second-order valence-corrected chi connectivity index (χ2v) is 5.41. The van der Waals surface area contributed by atoms with Gasteiger partial charge in [-0.15, -0.1) is 0 Å². The number of carbonyl (C=O) groups is 2. The van der Waals surface area contributed by atoms with Crippen LogP contribution < -0.4 is 5.32 Å². The average molecular weight is 256 g/mol. The van der Waals surface area contributed by atoms with Crippen molar-refractivity contribution in [3.8, 4) is 0 Å². The van der Waals surface area contributed by atoms with E-state index in [1.54, 1.807) is 11.9 Å². The molecule has 0 saturated heterocycles. The van der Waals surface area contributed by atoms with Crippen LogP contribution in [0, 0.1) is 11.8 Å². The smallest absolute Gasteiger partial charge is 0.326 e. The Labute approximate surface area is 109 Å². The number of urea groups is 1. The van der Waals surface area contributed by atoms with Gasteiger partial charge in [0.2, 0.25) is 0 Å². The third-order valence-corrected chi connectivity index (χ3v) is 3.49. The van der Waals surface area contributed by atoms with Crippen molar-refractivity contribution in [2.45, 2.75) is 45.6 Å². The van der Waals surface area contributed by atoms with Crippen molar-refractivity contribution in [2.75, 3.05) is 13.6 Å². The van der Waals surface area contributed by atoms with Crippen LogP contribution in [0.3, 0.4) is 0 Å². The Hall–Kier alpha value is -1.26. The Morgan fingerprint density at radius 2 is 2.06 bits per heavy atom. The number of aliphatic carboxylic acids is 1. The van der Waals surface area contributed by atoms with Crippen LogP contribution in [0.15, 0.2) is 0 Å². The van der Waals surface area contributed by atoms with E-state index in [1.807, 2.05) is 0 Å². The van der Waals surface area contributed by atoms with Crippen LogP contribution in [0.4, 0.5) is 4.79 Å². The highest BCUT2D eigenvalue weighted by Gasteiger charge is 2.30. The minimum Gasteiger partial charge on any atom is -0.480 e. The van der Waals surface area contributed by atoms with Gasteiger partial charge in [-0.2, -0.15) is 0 Å². The predicted octanol–water partition coefficient (Wildman–Crippen LogP) is 1.93. The van der Waals surface area contributed by atoms with E-state index in [0.29, 0.717) is 24.8 Å². The normalized spacial score (nSPS) is 17.9. The zero-order valence-corrected chi connectivity index (χ0v) is 11.5. The highest BCUT2D eigenvalue weighted by atomic mass is 16.4. The van der Waals surface area contributed by atoms with Gasteiger partial charge in [-0.1, -0.05) is 33.1 Å². The van der Waals surface area contributed by atoms with Crippen molar-refractivity contribution >= 4 is 12.0 Å². The highest BCUT2D eigenvalue weighted by Crippen LogP contribution is 2.33. The Bertz CT molecular complexity index is 303. The Morgan fingerprint density at radius 1 is 1.44 bits per heavy atom. The molecule has 1 fully saturated rings. The molecule has 0 radical (unpaired) electrons. The van der Waals surface area contributed by atoms with Gasteiger partial charge in [-0.05, 0) is 18.3 Å². The summed E-state index contributed by atoms with van der Waals surface area (Å²) in [4.78, 5) is 24.5. The van der Waals surface area contributed by atoms with Crippen LogP contribution in [-0.2, 0) is 4.79 Å². The molecule has 1 aliphatic rings. The second kappa shape index (κ2) is 6.61. The molecule has 2 amide bonds. The fraction of sp³-hybridized carbons (Fsp3) is 0.846. The number of hydrogen-bond acceptors (Lipinski definition) is 2. The van der Waals surface area contributed by atoms with Gasteiger partial charge in [0.05, 0.1) is 0 Å². The number of nitrogens with zero attached hydrogens (tertiary/aromatic N) is 1. The molecule has 2 N–H and O–H groups in total. The van der Waals surface area contributed by atoms with Gasteiger partial charge in [0.1, 0.15) is 6.04 Å². The SMILES string of the molecule is CCC(C)CN(C)C(=O)NC(CC1CC1)C(=O)O. The molecular formula is C13H24N2O3. The first-order valence-electron chi connectivity index (χ1n) is 6.68. The molecule has 0 aromatic heterocycles. The first-order chi connectivity index (χ1) is 8.43. The molecule has 1 saturated carbocycles. The molecular weight excluding hydrogens is 232 g/mol. The van der Waals surface area contributed by atoms with Gasteiger partial charge in [0, 0.05) is 13.6 Å². The first kappa shape index (κ1) is 14.8. The zero-order chi connectivity index (χ0) is 13.7. The third-order valence-electron chi connectivity index (χ3n) is 3.49. The number of amides is 2. The summed E-state index contributed by atoms with van der Waals surface area (Å²) in [5.74, 6) is -0.0362. The molecule has 1 aliphatic carbocycles.